The number of nitrogens with zero attached hydrogens (tertiary/aromatic N) is 5. The minimum Gasteiger partial charge on any atom is -0.287 e. The van der Waals surface area contributed by atoms with E-state index < -0.39 is 5.82 Å². The SMILES string of the molecule is CSc1nnc(-c2nn(-c3ccc(Cl)cc3)c(C)cc2=O)n1-c1ccccc1F. The van der Waals surface area contributed by atoms with E-state index >= 15 is 0 Å². The van der Waals surface area contributed by atoms with Gasteiger partial charge in [-0.25, -0.2) is 9.07 Å². The third kappa shape index (κ3) is 3.56. The maximum atomic E-state index is 14.5. The lowest BCUT2D eigenvalue weighted by atomic mass is 10.2. The fourth-order valence-corrected chi connectivity index (χ4v) is 3.57. The molecule has 146 valence electrons. The first-order valence-electron chi connectivity index (χ1n) is 8.61. The van der Waals surface area contributed by atoms with Crippen LogP contribution in [0.5, 0.6) is 0 Å². The summed E-state index contributed by atoms with van der Waals surface area (Å²) >= 11 is 7.27. The Bertz CT molecular complexity index is 1250. The van der Waals surface area contributed by atoms with Gasteiger partial charge in [-0.2, -0.15) is 5.10 Å². The quantitative estimate of drug-likeness (QED) is 0.454. The van der Waals surface area contributed by atoms with E-state index in [0.29, 0.717) is 15.9 Å². The molecule has 0 atom stereocenters. The van der Waals surface area contributed by atoms with Crippen LogP contribution in [-0.4, -0.2) is 30.8 Å². The van der Waals surface area contributed by atoms with Crippen LogP contribution in [0.15, 0.2) is 64.5 Å². The van der Waals surface area contributed by atoms with Gasteiger partial charge in [0.05, 0.1) is 11.4 Å². The Morgan fingerprint density at radius 3 is 2.48 bits per heavy atom. The molecule has 2 aromatic heterocycles. The van der Waals surface area contributed by atoms with Crippen LogP contribution in [-0.2, 0) is 0 Å². The molecule has 0 aliphatic heterocycles. The van der Waals surface area contributed by atoms with Gasteiger partial charge < -0.3 is 0 Å². The first-order chi connectivity index (χ1) is 14.0. The molecule has 29 heavy (non-hydrogen) atoms. The predicted octanol–water partition coefficient (Wildman–Crippen LogP) is 4.30. The van der Waals surface area contributed by atoms with Crippen molar-refractivity contribution in [1.82, 2.24) is 24.5 Å². The molecule has 0 aliphatic carbocycles. The molecule has 4 aromatic rings. The average molecular weight is 428 g/mol. The Balaban J connectivity index is 1.96. The van der Waals surface area contributed by atoms with Gasteiger partial charge in [-0.05, 0) is 49.6 Å². The zero-order chi connectivity index (χ0) is 20.5. The highest BCUT2D eigenvalue weighted by Crippen LogP contribution is 2.26. The van der Waals surface area contributed by atoms with Crippen LogP contribution in [0.4, 0.5) is 4.39 Å². The number of hydrogen-bond acceptors (Lipinski definition) is 5. The van der Waals surface area contributed by atoms with Crippen LogP contribution in [0.3, 0.4) is 0 Å². The van der Waals surface area contributed by atoms with Gasteiger partial charge >= 0.3 is 0 Å². The third-order valence-electron chi connectivity index (χ3n) is 4.30. The largest absolute Gasteiger partial charge is 0.287 e. The lowest BCUT2D eigenvalue weighted by Crippen LogP contribution is -2.18. The molecule has 4 rings (SSSR count). The highest BCUT2D eigenvalue weighted by molar-refractivity contribution is 7.98. The summed E-state index contributed by atoms with van der Waals surface area (Å²) in [7, 11) is 0. The van der Waals surface area contributed by atoms with E-state index in [4.69, 9.17) is 11.6 Å². The molecule has 0 saturated carbocycles. The number of aryl methyl sites for hydroxylation is 1. The molecule has 0 radical (unpaired) electrons. The zero-order valence-corrected chi connectivity index (χ0v) is 17.1. The first-order valence-corrected chi connectivity index (χ1v) is 10.2. The second-order valence-corrected chi connectivity index (χ2v) is 7.39. The lowest BCUT2D eigenvalue weighted by Gasteiger charge is -2.13. The van der Waals surface area contributed by atoms with Crippen molar-refractivity contribution in [1.29, 1.82) is 0 Å². The van der Waals surface area contributed by atoms with Crippen LogP contribution in [0.1, 0.15) is 5.69 Å². The Hall–Kier alpha value is -2.97. The molecule has 0 fully saturated rings. The molecule has 0 aliphatic rings. The van der Waals surface area contributed by atoms with Gasteiger partial charge in [0.25, 0.3) is 0 Å². The second-order valence-electron chi connectivity index (χ2n) is 6.18. The van der Waals surface area contributed by atoms with Crippen molar-refractivity contribution in [3.63, 3.8) is 0 Å². The second kappa shape index (κ2) is 7.81. The molecular weight excluding hydrogens is 413 g/mol. The Morgan fingerprint density at radius 2 is 1.79 bits per heavy atom. The van der Waals surface area contributed by atoms with Gasteiger partial charge in [0, 0.05) is 16.8 Å². The van der Waals surface area contributed by atoms with Crippen molar-refractivity contribution in [3.8, 4) is 22.9 Å². The van der Waals surface area contributed by atoms with E-state index in [9.17, 15) is 9.18 Å². The fraction of sp³-hybridized carbons (Fsp3) is 0.100. The van der Waals surface area contributed by atoms with Gasteiger partial charge in [0.1, 0.15) is 5.82 Å². The maximum Gasteiger partial charge on any atom is 0.211 e. The number of benzene rings is 2. The summed E-state index contributed by atoms with van der Waals surface area (Å²) in [6.45, 7) is 1.78. The number of para-hydroxylation sites is 1. The van der Waals surface area contributed by atoms with Gasteiger partial charge in [-0.15, -0.1) is 10.2 Å². The van der Waals surface area contributed by atoms with Crippen LogP contribution < -0.4 is 5.43 Å². The van der Waals surface area contributed by atoms with Gasteiger partial charge in [0.2, 0.25) is 5.43 Å². The predicted molar refractivity (Wildman–Crippen MR) is 112 cm³/mol. The number of rotatable bonds is 4. The van der Waals surface area contributed by atoms with Gasteiger partial charge in [-0.3, -0.25) is 9.36 Å². The minimum atomic E-state index is -0.450. The van der Waals surface area contributed by atoms with Crippen molar-refractivity contribution in [3.05, 3.63) is 81.4 Å². The molecule has 0 spiro atoms. The van der Waals surface area contributed by atoms with Crippen molar-refractivity contribution in [2.45, 2.75) is 12.1 Å². The summed E-state index contributed by atoms with van der Waals surface area (Å²) in [6.07, 6.45) is 1.81. The number of thioether (sulfide) groups is 1. The highest BCUT2D eigenvalue weighted by Gasteiger charge is 2.22. The Labute approximate surface area is 175 Å². The molecule has 0 N–H and O–H groups in total. The molecule has 2 aromatic carbocycles. The standard InChI is InChI=1S/C20H15ClFN5OS/c1-12-11-17(28)18(25-27(12)14-9-7-13(21)8-10-14)19-23-24-20(29-2)26(19)16-6-4-3-5-15(16)22/h3-11H,1-2H3. The lowest BCUT2D eigenvalue weighted by molar-refractivity contribution is 0.613. The third-order valence-corrected chi connectivity index (χ3v) is 5.18. The molecular formula is C20H15ClFN5OS. The van der Waals surface area contributed by atoms with Crippen LogP contribution >= 0.6 is 23.4 Å². The normalized spacial score (nSPS) is 11.0. The monoisotopic (exact) mass is 427 g/mol. The molecule has 0 saturated heterocycles. The summed E-state index contributed by atoms with van der Waals surface area (Å²) in [5.74, 6) is -0.277. The van der Waals surface area contributed by atoms with Crippen LogP contribution in [0, 0.1) is 12.7 Å². The molecule has 9 heteroatoms. The summed E-state index contributed by atoms with van der Waals surface area (Å²) in [5.41, 5.74) is 1.36. The summed E-state index contributed by atoms with van der Waals surface area (Å²) in [6, 6.07) is 14.8. The zero-order valence-electron chi connectivity index (χ0n) is 15.5. The topological polar surface area (TPSA) is 65.6 Å². The van der Waals surface area contributed by atoms with E-state index in [2.05, 4.69) is 15.3 Å². The maximum absolute atomic E-state index is 14.5. The molecule has 0 amide bonds. The van der Waals surface area contributed by atoms with E-state index in [1.54, 1.807) is 60.3 Å². The van der Waals surface area contributed by atoms with Crippen LogP contribution in [0.25, 0.3) is 22.9 Å². The Kier molecular flexibility index (Phi) is 5.21. The first kappa shape index (κ1) is 19.4. The molecule has 0 unspecified atom stereocenters. The van der Waals surface area contributed by atoms with Crippen molar-refractivity contribution in [2.75, 3.05) is 6.26 Å². The Morgan fingerprint density at radius 1 is 1.07 bits per heavy atom. The molecule has 6 nitrogen and oxygen atoms in total. The van der Waals surface area contributed by atoms with Gasteiger partial charge in [-0.1, -0.05) is 35.5 Å². The van der Waals surface area contributed by atoms with E-state index in [0.717, 1.165) is 5.69 Å². The fourth-order valence-electron chi connectivity index (χ4n) is 2.95. The summed E-state index contributed by atoms with van der Waals surface area (Å²) in [5, 5.41) is 13.8. The number of aromatic nitrogens is 5. The van der Waals surface area contributed by atoms with E-state index in [-0.39, 0.29) is 22.6 Å². The smallest absolute Gasteiger partial charge is 0.211 e. The molecule has 2 heterocycles. The van der Waals surface area contributed by atoms with Crippen LogP contribution in [0.2, 0.25) is 5.02 Å². The van der Waals surface area contributed by atoms with Crippen molar-refractivity contribution in [2.24, 2.45) is 0 Å². The van der Waals surface area contributed by atoms with E-state index in [1.165, 1.54) is 28.5 Å². The van der Waals surface area contributed by atoms with Gasteiger partial charge in [0.15, 0.2) is 16.7 Å². The highest BCUT2D eigenvalue weighted by atomic mass is 35.5. The molecule has 0 bridgehead atoms. The minimum absolute atomic E-state index is 0.0709. The number of hydrogen-bond donors (Lipinski definition) is 0. The average Bonchev–Trinajstić information content (AvgIpc) is 3.13. The number of halogens is 2. The summed E-state index contributed by atoms with van der Waals surface area (Å²) < 4.78 is 17.6. The van der Waals surface area contributed by atoms with Crippen molar-refractivity contribution < 1.29 is 4.39 Å². The van der Waals surface area contributed by atoms with Crippen molar-refractivity contribution >= 4 is 23.4 Å². The summed E-state index contributed by atoms with van der Waals surface area (Å²) in [4.78, 5) is 12.8. The van der Waals surface area contributed by atoms with E-state index in [1.807, 2.05) is 0 Å².